The summed E-state index contributed by atoms with van der Waals surface area (Å²) in [4.78, 5) is 21.9. The highest BCUT2D eigenvalue weighted by atomic mass is 28.4. The van der Waals surface area contributed by atoms with Gasteiger partial charge in [0.1, 0.15) is 36.6 Å². The molecule has 3 aliphatic rings. The first-order valence-corrected chi connectivity index (χ1v) is 36.0. The van der Waals surface area contributed by atoms with E-state index in [1.165, 1.54) is 0 Å². The van der Waals surface area contributed by atoms with Crippen LogP contribution in [0.1, 0.15) is 94.2 Å². The molecule has 5 rings (SSSR count). The largest absolute Gasteiger partial charge is 0.414 e. The predicted molar refractivity (Wildman–Crippen MR) is 274 cm³/mol. The molecule has 66 heavy (non-hydrogen) atoms. The van der Waals surface area contributed by atoms with Gasteiger partial charge >= 0.3 is 0 Å². The molecule has 0 saturated carbocycles. The van der Waals surface area contributed by atoms with E-state index >= 15 is 4.79 Å². The van der Waals surface area contributed by atoms with Crippen LogP contribution < -0.4 is 0 Å². The van der Waals surface area contributed by atoms with Crippen LogP contribution in [-0.2, 0) is 54.7 Å². The van der Waals surface area contributed by atoms with Crippen LogP contribution in [0.4, 0.5) is 0 Å². The first-order valence-electron chi connectivity index (χ1n) is 24.4. The highest BCUT2D eigenvalue weighted by Gasteiger charge is 2.62. The lowest BCUT2D eigenvalue weighted by atomic mass is 9.79. The standard InChI is InChI=1S/C51H89NO10Si4/c1-48(2,3)63(13,14)57-34-38-43(60-64(15,16)49(4,5)6)45(61-65(17,18)50(7,8)9)46(62-66(19,20)51(10,11)12)44(58-38)42(54)39-40(47-55-33-37(59-47)41(39)53)52(31-35-27-23-21-24-28-35)56-32-36-29-25-22-26-30-36/h21-30,37-40,42-47,54H,31-34H2,1-20H3/t37-,38-,39-,40-,42-,43+,44+,45+,46+,47-/m1/s1. The molecule has 3 heterocycles. The van der Waals surface area contributed by atoms with Gasteiger partial charge in [0.25, 0.3) is 0 Å². The number of aliphatic hydroxyl groups excluding tert-OH is 1. The molecule has 2 aromatic rings. The number of fused-ring (bicyclic) bond motifs is 2. The quantitative estimate of drug-likeness (QED) is 0.121. The normalized spacial score (nSPS) is 28.0. The van der Waals surface area contributed by atoms with Crippen LogP contribution in [0.25, 0.3) is 0 Å². The molecular weight excluding hydrogens is 899 g/mol. The zero-order valence-corrected chi connectivity index (χ0v) is 48.4. The van der Waals surface area contributed by atoms with E-state index in [0.717, 1.165) is 11.1 Å². The van der Waals surface area contributed by atoms with Crippen molar-refractivity contribution in [1.29, 1.82) is 0 Å². The molecule has 0 amide bonds. The Kier molecular flexibility index (Phi) is 17.1. The molecule has 0 unspecified atom stereocenters. The second kappa shape index (κ2) is 20.4. The van der Waals surface area contributed by atoms with Gasteiger partial charge in [-0.05, 0) is 83.7 Å². The lowest BCUT2D eigenvalue weighted by molar-refractivity contribution is -0.287. The van der Waals surface area contributed by atoms with E-state index < -0.39 is 94.2 Å². The van der Waals surface area contributed by atoms with Crippen molar-refractivity contribution in [2.75, 3.05) is 13.2 Å². The van der Waals surface area contributed by atoms with E-state index in [-0.39, 0.29) is 45.8 Å². The Morgan fingerprint density at radius 1 is 0.636 bits per heavy atom. The van der Waals surface area contributed by atoms with Crippen molar-refractivity contribution in [2.24, 2.45) is 5.92 Å². The van der Waals surface area contributed by atoms with E-state index in [2.05, 4.69) is 135 Å². The summed E-state index contributed by atoms with van der Waals surface area (Å²) in [7, 11) is -10.2. The van der Waals surface area contributed by atoms with Crippen molar-refractivity contribution in [1.82, 2.24) is 5.06 Å². The summed E-state index contributed by atoms with van der Waals surface area (Å²) in [6.07, 6.45) is -6.92. The summed E-state index contributed by atoms with van der Waals surface area (Å²) >= 11 is 0. The third kappa shape index (κ3) is 12.5. The van der Waals surface area contributed by atoms with Gasteiger partial charge in [-0.25, -0.2) is 0 Å². The maximum atomic E-state index is 15.1. The molecule has 11 nitrogen and oxygen atoms in total. The minimum Gasteiger partial charge on any atom is -0.414 e. The first-order chi connectivity index (χ1) is 30.1. The highest BCUT2D eigenvalue weighted by molar-refractivity contribution is 6.75. The van der Waals surface area contributed by atoms with Gasteiger partial charge in [0.05, 0.1) is 37.9 Å². The third-order valence-corrected chi connectivity index (χ3v) is 34.2. The number of aliphatic hydroxyl groups is 1. The second-order valence-electron chi connectivity index (χ2n) is 25.3. The van der Waals surface area contributed by atoms with E-state index in [1.54, 1.807) is 5.06 Å². The molecule has 0 spiro atoms. The Labute approximate surface area is 403 Å². The number of Topliss-reactive ketones (excluding diaryl/α,β-unsaturated/α-hetero) is 1. The summed E-state index contributed by atoms with van der Waals surface area (Å²) in [6, 6.07) is 19.1. The molecule has 3 saturated heterocycles. The number of benzene rings is 2. The fourth-order valence-electron chi connectivity index (χ4n) is 7.75. The second-order valence-corrected chi connectivity index (χ2v) is 44.4. The van der Waals surface area contributed by atoms with Crippen LogP contribution in [0.5, 0.6) is 0 Å². The van der Waals surface area contributed by atoms with Crippen LogP contribution in [0.15, 0.2) is 60.7 Å². The van der Waals surface area contributed by atoms with Crippen molar-refractivity contribution < 1.29 is 46.7 Å². The number of hydroxylamine groups is 2. The number of hydrogen-bond donors (Lipinski definition) is 1. The Bertz CT molecular complexity index is 1890. The lowest BCUT2D eigenvalue weighted by Gasteiger charge is -2.56. The fourth-order valence-corrected chi connectivity index (χ4v) is 12.7. The SMILES string of the molecule is CC(C)(C)[Si](C)(C)OC[C@H]1O[C@@H]([C@H](O)[C@H]2C(=O)[C@H]3CO[C@H](O3)[C@@H]2N(Cc2ccccc2)OCc2ccccc2)[C@H](O[Si](C)(C)C(C)(C)C)[C@@H](O[Si](C)(C)C(C)(C)C)[C@H]1O[Si](C)(C)C(C)(C)C. The Balaban J connectivity index is 1.74. The number of nitrogens with zero attached hydrogens (tertiary/aromatic N) is 1. The molecular formula is C51H89NO10Si4. The van der Waals surface area contributed by atoms with Crippen molar-refractivity contribution in [3.63, 3.8) is 0 Å². The molecule has 3 fully saturated rings. The molecule has 2 aromatic carbocycles. The first kappa shape index (κ1) is 55.5. The molecule has 0 aliphatic carbocycles. The van der Waals surface area contributed by atoms with Gasteiger partial charge in [0, 0.05) is 6.54 Å². The van der Waals surface area contributed by atoms with Crippen LogP contribution in [0, 0.1) is 5.92 Å². The van der Waals surface area contributed by atoms with Crippen LogP contribution >= 0.6 is 0 Å². The van der Waals surface area contributed by atoms with E-state index in [0.29, 0.717) is 6.54 Å². The van der Waals surface area contributed by atoms with E-state index in [4.69, 9.17) is 36.8 Å². The van der Waals surface area contributed by atoms with Crippen molar-refractivity contribution in [2.45, 2.75) is 224 Å². The molecule has 374 valence electrons. The van der Waals surface area contributed by atoms with E-state index in [1.807, 2.05) is 60.7 Å². The minimum absolute atomic E-state index is 0.0790. The van der Waals surface area contributed by atoms with Crippen LogP contribution in [-0.4, -0.2) is 117 Å². The van der Waals surface area contributed by atoms with E-state index in [9.17, 15) is 5.11 Å². The summed E-state index contributed by atoms with van der Waals surface area (Å²) < 4.78 is 50.2. The molecule has 2 bridgehead atoms. The third-order valence-electron chi connectivity index (χ3n) is 16.3. The maximum absolute atomic E-state index is 15.1. The monoisotopic (exact) mass is 988 g/mol. The molecule has 0 aromatic heterocycles. The van der Waals surface area contributed by atoms with Crippen LogP contribution in [0.2, 0.25) is 72.5 Å². The van der Waals surface area contributed by atoms with Gasteiger partial charge in [-0.2, -0.15) is 5.06 Å². The van der Waals surface area contributed by atoms with Gasteiger partial charge in [0.2, 0.25) is 0 Å². The zero-order valence-electron chi connectivity index (χ0n) is 44.4. The Hall–Kier alpha value is -1.42. The number of rotatable bonds is 17. The average Bonchev–Trinajstić information content (AvgIpc) is 3.63. The Morgan fingerprint density at radius 3 is 1.58 bits per heavy atom. The zero-order chi connectivity index (χ0) is 49.6. The van der Waals surface area contributed by atoms with Gasteiger partial charge in [-0.15, -0.1) is 0 Å². The number of hydrogen-bond acceptors (Lipinski definition) is 11. The molecule has 0 radical (unpaired) electrons. The summed E-state index contributed by atoms with van der Waals surface area (Å²) in [5, 5.41) is 14.7. The fraction of sp³-hybridized carbons (Fsp3) is 0.745. The molecule has 1 N–H and O–H groups in total. The van der Waals surface area contributed by atoms with Crippen LogP contribution in [0.3, 0.4) is 0 Å². The van der Waals surface area contributed by atoms with Gasteiger partial charge < -0.3 is 37.0 Å². The van der Waals surface area contributed by atoms with Crippen molar-refractivity contribution in [3.05, 3.63) is 71.8 Å². The Morgan fingerprint density at radius 2 is 1.09 bits per heavy atom. The number of ether oxygens (including phenoxy) is 3. The van der Waals surface area contributed by atoms with Crippen molar-refractivity contribution >= 4 is 39.1 Å². The number of carbonyl (C=O) groups is 1. The summed E-state index contributed by atoms with van der Waals surface area (Å²) in [6.45, 7) is 45.7. The average molecular weight is 989 g/mol. The lowest BCUT2D eigenvalue weighted by Crippen LogP contribution is -2.71. The minimum atomic E-state index is -2.68. The molecule has 10 atom stereocenters. The maximum Gasteiger partial charge on any atom is 0.192 e. The molecule has 3 aliphatic heterocycles. The summed E-state index contributed by atoms with van der Waals surface area (Å²) in [5.74, 6) is -1.31. The number of carbonyl (C=O) groups excluding carboxylic acids is 1. The highest BCUT2D eigenvalue weighted by Crippen LogP contribution is 2.48. The molecule has 15 heteroatoms. The predicted octanol–water partition coefficient (Wildman–Crippen LogP) is 11.3. The van der Waals surface area contributed by atoms with Crippen molar-refractivity contribution in [3.8, 4) is 0 Å². The number of ketones is 1. The smallest absolute Gasteiger partial charge is 0.192 e. The topological polar surface area (TPSA) is 114 Å². The van der Waals surface area contributed by atoms with Gasteiger partial charge in [-0.1, -0.05) is 144 Å². The van der Waals surface area contributed by atoms with Gasteiger partial charge in [-0.3, -0.25) is 9.63 Å². The summed E-state index contributed by atoms with van der Waals surface area (Å²) in [5.41, 5.74) is 1.93. The van der Waals surface area contributed by atoms with Gasteiger partial charge in [0.15, 0.2) is 45.3 Å².